The third-order valence-electron chi connectivity index (χ3n) is 2.95. The molecule has 1 amide bonds. The summed E-state index contributed by atoms with van der Waals surface area (Å²) in [5, 5.41) is 11.7. The first-order valence-corrected chi connectivity index (χ1v) is 8.45. The number of nitrogens with one attached hydrogen (secondary N) is 1. The molecule has 122 valence electrons. The number of phenolic OH excluding ortho intramolecular Hbond substituents is 1. The van der Waals surface area contributed by atoms with Gasteiger partial charge in [0.2, 0.25) is 0 Å². The van der Waals surface area contributed by atoms with Crippen LogP contribution >= 0.6 is 45.2 Å². The summed E-state index contributed by atoms with van der Waals surface area (Å²) < 4.78 is 39.3. The summed E-state index contributed by atoms with van der Waals surface area (Å²) in [6.07, 6.45) is -4.98. The van der Waals surface area contributed by atoms with E-state index in [-0.39, 0.29) is 5.75 Å². The number of halogens is 5. The van der Waals surface area contributed by atoms with E-state index in [4.69, 9.17) is 0 Å². The van der Waals surface area contributed by atoms with E-state index in [0.717, 1.165) is 3.57 Å². The highest BCUT2D eigenvalue weighted by molar-refractivity contribution is 14.1. The summed E-state index contributed by atoms with van der Waals surface area (Å²) in [6, 6.07) is 10.2. The second-order valence-electron chi connectivity index (χ2n) is 4.70. The van der Waals surface area contributed by atoms with Crippen molar-refractivity contribution >= 4 is 51.1 Å². The Bertz CT molecular complexity index is 715. The largest absolute Gasteiger partial charge is 0.508 e. The second kappa shape index (κ2) is 7.24. The maximum absolute atomic E-state index is 12.6. The molecule has 0 bridgehead atoms. The molecule has 2 aromatic carbocycles. The highest BCUT2D eigenvalue weighted by Gasteiger charge is 2.40. The van der Waals surface area contributed by atoms with Crippen LogP contribution in [0.2, 0.25) is 0 Å². The molecule has 2 rings (SSSR count). The van der Waals surface area contributed by atoms with Crippen LogP contribution in [0.5, 0.6) is 5.75 Å². The Morgan fingerprint density at radius 2 is 1.70 bits per heavy atom. The molecule has 0 spiro atoms. The van der Waals surface area contributed by atoms with Crippen molar-refractivity contribution in [2.45, 2.75) is 12.2 Å². The molecule has 0 aliphatic carbocycles. The zero-order valence-electron chi connectivity index (χ0n) is 11.4. The summed E-state index contributed by atoms with van der Waals surface area (Å²) in [4.78, 5) is 11.4. The first-order chi connectivity index (χ1) is 10.7. The van der Waals surface area contributed by atoms with E-state index < -0.39 is 18.1 Å². The van der Waals surface area contributed by atoms with Crippen molar-refractivity contribution in [1.82, 2.24) is 5.32 Å². The van der Waals surface area contributed by atoms with Gasteiger partial charge in [0.15, 0.2) is 0 Å². The molecule has 0 radical (unpaired) electrons. The minimum absolute atomic E-state index is 0.0798. The number of aromatic hydroxyl groups is 1. The fourth-order valence-electron chi connectivity index (χ4n) is 2.02. The molecule has 2 aromatic rings. The van der Waals surface area contributed by atoms with Crippen molar-refractivity contribution in [2.24, 2.45) is 0 Å². The summed E-state index contributed by atoms with van der Waals surface area (Å²) in [5.41, 5.74) is 0.866. The average molecular weight is 547 g/mol. The van der Waals surface area contributed by atoms with E-state index in [1.54, 1.807) is 30.3 Å². The quantitative estimate of drug-likeness (QED) is 0.562. The van der Waals surface area contributed by atoms with Crippen molar-refractivity contribution in [3.8, 4) is 5.75 Å². The van der Waals surface area contributed by atoms with Crippen molar-refractivity contribution in [3.05, 3.63) is 60.7 Å². The van der Waals surface area contributed by atoms with Crippen LogP contribution in [0.25, 0.3) is 0 Å². The molecule has 0 heterocycles. The Balaban J connectivity index is 2.49. The van der Waals surface area contributed by atoms with Gasteiger partial charge in [0.1, 0.15) is 5.75 Å². The van der Waals surface area contributed by atoms with Crippen LogP contribution in [-0.2, 0) is 4.79 Å². The number of hydrogen-bond acceptors (Lipinski definition) is 2. The first-order valence-electron chi connectivity index (χ1n) is 6.29. The molecule has 2 N–H and O–H groups in total. The maximum atomic E-state index is 12.6. The van der Waals surface area contributed by atoms with E-state index in [2.05, 4.69) is 0 Å². The lowest BCUT2D eigenvalue weighted by Gasteiger charge is -2.21. The van der Waals surface area contributed by atoms with Gasteiger partial charge in [-0.1, -0.05) is 12.1 Å². The second-order valence-corrected chi connectivity index (χ2v) is 7.19. The fraction of sp³-hybridized carbons (Fsp3) is 0.133. The summed E-state index contributed by atoms with van der Waals surface area (Å²) in [7, 11) is 0. The first kappa shape index (κ1) is 18.3. The van der Waals surface area contributed by atoms with E-state index in [0.29, 0.717) is 14.7 Å². The standard InChI is InChI=1S/C15H10F3I2NO2/c16-15(17,18)14(23)21-13(8-2-1-3-10(19)4-8)9-5-11(20)7-12(22)6-9/h1-7,13,22H,(H,21,23)/t13-/m0/s1. The van der Waals surface area contributed by atoms with E-state index in [9.17, 15) is 23.1 Å². The van der Waals surface area contributed by atoms with Gasteiger partial charge >= 0.3 is 12.1 Å². The Kier molecular flexibility index (Phi) is 5.76. The van der Waals surface area contributed by atoms with Crippen LogP contribution in [0.1, 0.15) is 17.2 Å². The molecule has 0 unspecified atom stereocenters. The fourth-order valence-corrected chi connectivity index (χ4v) is 3.27. The molecule has 8 heteroatoms. The lowest BCUT2D eigenvalue weighted by atomic mass is 9.98. The zero-order chi connectivity index (χ0) is 17.2. The van der Waals surface area contributed by atoms with E-state index in [1.165, 1.54) is 12.1 Å². The van der Waals surface area contributed by atoms with Crippen LogP contribution in [0.15, 0.2) is 42.5 Å². The lowest BCUT2D eigenvalue weighted by Crippen LogP contribution is -2.39. The Labute approximate surface area is 157 Å². The minimum atomic E-state index is -4.98. The molecule has 0 saturated heterocycles. The molecule has 0 aromatic heterocycles. The monoisotopic (exact) mass is 547 g/mol. The lowest BCUT2D eigenvalue weighted by molar-refractivity contribution is -0.174. The van der Waals surface area contributed by atoms with Crippen molar-refractivity contribution in [1.29, 1.82) is 0 Å². The maximum Gasteiger partial charge on any atom is 0.471 e. The number of hydrogen-bond donors (Lipinski definition) is 2. The van der Waals surface area contributed by atoms with Gasteiger partial charge in [-0.15, -0.1) is 0 Å². The molecule has 1 atom stereocenters. The van der Waals surface area contributed by atoms with E-state index >= 15 is 0 Å². The summed E-state index contributed by atoms with van der Waals surface area (Å²) in [6.45, 7) is 0. The molecular weight excluding hydrogens is 537 g/mol. The molecule has 23 heavy (non-hydrogen) atoms. The van der Waals surface area contributed by atoms with Crippen molar-refractivity contribution in [2.75, 3.05) is 0 Å². The number of amides is 1. The van der Waals surface area contributed by atoms with Crippen LogP contribution in [0.3, 0.4) is 0 Å². The van der Waals surface area contributed by atoms with Crippen LogP contribution in [-0.4, -0.2) is 17.2 Å². The van der Waals surface area contributed by atoms with Gasteiger partial charge in [-0.3, -0.25) is 4.79 Å². The SMILES string of the molecule is O=C(N[C@@H](c1cccc(I)c1)c1cc(O)cc(I)c1)C(F)(F)F. The predicted molar refractivity (Wildman–Crippen MR) is 96.0 cm³/mol. The predicted octanol–water partition coefficient (Wildman–Crippen LogP) is 4.37. The zero-order valence-corrected chi connectivity index (χ0v) is 15.7. The Morgan fingerprint density at radius 1 is 1.04 bits per heavy atom. The van der Waals surface area contributed by atoms with Gasteiger partial charge in [-0.05, 0) is 86.6 Å². The van der Waals surface area contributed by atoms with Gasteiger partial charge < -0.3 is 10.4 Å². The molecular formula is C15H10F3I2NO2. The smallest absolute Gasteiger partial charge is 0.471 e. The number of benzene rings is 2. The number of alkyl halides is 3. The minimum Gasteiger partial charge on any atom is -0.508 e. The van der Waals surface area contributed by atoms with Crippen molar-refractivity contribution in [3.63, 3.8) is 0 Å². The molecule has 0 aliphatic rings. The average Bonchev–Trinajstić information content (AvgIpc) is 2.42. The van der Waals surface area contributed by atoms with E-state index in [1.807, 2.05) is 50.5 Å². The summed E-state index contributed by atoms with van der Waals surface area (Å²) >= 11 is 3.98. The highest BCUT2D eigenvalue weighted by atomic mass is 127. The molecule has 0 saturated carbocycles. The van der Waals surface area contributed by atoms with Crippen LogP contribution in [0, 0.1) is 7.14 Å². The van der Waals surface area contributed by atoms with Crippen molar-refractivity contribution < 1.29 is 23.1 Å². The number of carbonyl (C=O) groups is 1. The Morgan fingerprint density at radius 3 is 2.26 bits per heavy atom. The third-order valence-corrected chi connectivity index (χ3v) is 4.25. The molecule has 3 nitrogen and oxygen atoms in total. The third kappa shape index (κ3) is 4.96. The van der Waals surface area contributed by atoms with Gasteiger partial charge in [-0.25, -0.2) is 0 Å². The highest BCUT2D eigenvalue weighted by Crippen LogP contribution is 2.29. The van der Waals surface area contributed by atoms with Gasteiger partial charge in [0.05, 0.1) is 6.04 Å². The van der Waals surface area contributed by atoms with Crippen LogP contribution in [0.4, 0.5) is 13.2 Å². The summed E-state index contributed by atoms with van der Waals surface area (Å²) in [5.74, 6) is -2.11. The number of phenols is 1. The van der Waals surface area contributed by atoms with Gasteiger partial charge in [0.25, 0.3) is 0 Å². The number of rotatable bonds is 3. The molecule has 0 fully saturated rings. The molecule has 0 aliphatic heterocycles. The van der Waals surface area contributed by atoms with Gasteiger partial charge in [-0.2, -0.15) is 13.2 Å². The topological polar surface area (TPSA) is 49.3 Å². The Hall–Kier alpha value is -1.04. The van der Waals surface area contributed by atoms with Crippen LogP contribution < -0.4 is 5.32 Å². The van der Waals surface area contributed by atoms with Gasteiger partial charge in [0, 0.05) is 7.14 Å². The number of carbonyl (C=O) groups excluding carboxylic acids is 1. The normalized spacial score (nSPS) is 12.7.